The second kappa shape index (κ2) is 5.62. The third-order valence-electron chi connectivity index (χ3n) is 3.78. The van der Waals surface area contributed by atoms with Gasteiger partial charge < -0.3 is 9.52 Å². The number of nitrogens with zero attached hydrogens (tertiary/aromatic N) is 1. The minimum atomic E-state index is -0.447. The summed E-state index contributed by atoms with van der Waals surface area (Å²) in [5, 5.41) is 13.2. The van der Waals surface area contributed by atoms with Crippen LogP contribution in [0.15, 0.2) is 63.1 Å². The molecular weight excluding hydrogens is 322 g/mol. The molecule has 0 aliphatic rings. The average Bonchev–Trinajstić information content (AvgIpc) is 3.08. The van der Waals surface area contributed by atoms with Crippen molar-refractivity contribution >= 4 is 22.3 Å². The van der Waals surface area contributed by atoms with Crippen LogP contribution in [0.3, 0.4) is 0 Å². The molecule has 0 bridgehead atoms. The maximum atomic E-state index is 12.3. The van der Waals surface area contributed by atoms with Crippen molar-refractivity contribution in [2.45, 2.75) is 6.92 Å². The highest BCUT2D eigenvalue weighted by Gasteiger charge is 2.18. The lowest BCUT2D eigenvalue weighted by Crippen LogP contribution is -2.02. The highest BCUT2D eigenvalue weighted by atomic mass is 32.1. The molecule has 4 nitrogen and oxygen atoms in total. The Morgan fingerprint density at radius 1 is 1.12 bits per heavy atom. The smallest absolute Gasteiger partial charge is 0.235 e. The van der Waals surface area contributed by atoms with E-state index in [4.69, 9.17) is 4.42 Å². The number of hydrogen-bond acceptors (Lipinski definition) is 5. The molecule has 0 aliphatic heterocycles. The zero-order chi connectivity index (χ0) is 16.7. The Morgan fingerprint density at radius 2 is 1.96 bits per heavy atom. The van der Waals surface area contributed by atoms with Crippen LogP contribution in [-0.4, -0.2) is 10.1 Å². The summed E-state index contributed by atoms with van der Waals surface area (Å²) in [6.45, 7) is 2.02. The number of benzene rings is 2. The molecule has 2 aromatic carbocycles. The standard InChI is InChI=1S/C19H13NO3S/c1-11-5-4-6-12(9-11)19-20-14(10-24-19)18-17(22)16(21)13-7-2-3-8-15(13)23-18/h2-10,22H,1H3. The molecule has 5 heteroatoms. The molecule has 0 aliphatic carbocycles. The molecule has 2 heterocycles. The van der Waals surface area contributed by atoms with Gasteiger partial charge in [0.25, 0.3) is 0 Å². The zero-order valence-corrected chi connectivity index (χ0v) is 13.6. The maximum Gasteiger partial charge on any atom is 0.235 e. The van der Waals surface area contributed by atoms with Gasteiger partial charge in [-0.3, -0.25) is 4.79 Å². The topological polar surface area (TPSA) is 63.3 Å². The van der Waals surface area contributed by atoms with Gasteiger partial charge in [-0.05, 0) is 25.1 Å². The number of fused-ring (bicyclic) bond motifs is 1. The Morgan fingerprint density at radius 3 is 2.79 bits per heavy atom. The van der Waals surface area contributed by atoms with Crippen molar-refractivity contribution in [2.24, 2.45) is 0 Å². The third-order valence-corrected chi connectivity index (χ3v) is 4.67. The summed E-state index contributed by atoms with van der Waals surface area (Å²) < 4.78 is 5.73. The molecule has 0 radical (unpaired) electrons. The molecule has 4 aromatic rings. The highest BCUT2D eigenvalue weighted by Crippen LogP contribution is 2.33. The highest BCUT2D eigenvalue weighted by molar-refractivity contribution is 7.13. The largest absolute Gasteiger partial charge is 0.501 e. The van der Waals surface area contributed by atoms with Crippen LogP contribution in [0.2, 0.25) is 0 Å². The predicted molar refractivity (Wildman–Crippen MR) is 95.4 cm³/mol. The number of thiazole rings is 1. The van der Waals surface area contributed by atoms with E-state index in [2.05, 4.69) is 4.98 Å². The molecule has 0 saturated heterocycles. The van der Waals surface area contributed by atoms with Crippen molar-refractivity contribution in [3.05, 3.63) is 69.7 Å². The Balaban J connectivity index is 1.87. The molecular formula is C19H13NO3S. The number of aromatic nitrogens is 1. The molecule has 0 atom stereocenters. The second-order valence-electron chi connectivity index (χ2n) is 5.51. The van der Waals surface area contributed by atoms with Gasteiger partial charge in [-0.2, -0.15) is 0 Å². The van der Waals surface area contributed by atoms with Crippen molar-refractivity contribution < 1.29 is 9.52 Å². The van der Waals surface area contributed by atoms with E-state index in [1.54, 1.807) is 29.6 Å². The molecule has 1 N–H and O–H groups in total. The first-order valence-electron chi connectivity index (χ1n) is 7.41. The first-order chi connectivity index (χ1) is 11.6. The van der Waals surface area contributed by atoms with Crippen LogP contribution in [0.5, 0.6) is 5.75 Å². The van der Waals surface area contributed by atoms with Crippen LogP contribution < -0.4 is 5.43 Å². The minimum absolute atomic E-state index is 0.105. The fourth-order valence-corrected chi connectivity index (χ4v) is 3.39. The van der Waals surface area contributed by atoms with Gasteiger partial charge in [-0.25, -0.2) is 4.98 Å². The lowest BCUT2D eigenvalue weighted by molar-refractivity contribution is 0.448. The molecule has 0 spiro atoms. The van der Waals surface area contributed by atoms with Crippen molar-refractivity contribution in [3.63, 3.8) is 0 Å². The fraction of sp³-hybridized carbons (Fsp3) is 0.0526. The first-order valence-corrected chi connectivity index (χ1v) is 8.29. The molecule has 118 valence electrons. The van der Waals surface area contributed by atoms with Gasteiger partial charge in [0.15, 0.2) is 5.76 Å². The number of hydrogen-bond donors (Lipinski definition) is 1. The van der Waals surface area contributed by atoms with Crippen LogP contribution in [0.1, 0.15) is 5.56 Å². The minimum Gasteiger partial charge on any atom is -0.501 e. The quantitative estimate of drug-likeness (QED) is 0.581. The summed E-state index contributed by atoms with van der Waals surface area (Å²) in [6, 6.07) is 14.9. The second-order valence-corrected chi connectivity index (χ2v) is 6.37. The third kappa shape index (κ3) is 2.39. The van der Waals surface area contributed by atoms with Gasteiger partial charge in [-0.15, -0.1) is 11.3 Å². The van der Waals surface area contributed by atoms with Gasteiger partial charge in [-0.1, -0.05) is 35.9 Å². The summed E-state index contributed by atoms with van der Waals surface area (Å²) in [4.78, 5) is 16.8. The van der Waals surface area contributed by atoms with E-state index in [0.717, 1.165) is 16.1 Å². The molecule has 0 fully saturated rings. The van der Waals surface area contributed by atoms with Gasteiger partial charge in [0.2, 0.25) is 11.2 Å². The summed E-state index contributed by atoms with van der Waals surface area (Å²) in [5.74, 6) is -0.302. The van der Waals surface area contributed by atoms with Gasteiger partial charge >= 0.3 is 0 Å². The van der Waals surface area contributed by atoms with Crippen molar-refractivity contribution in [3.8, 4) is 27.8 Å². The summed E-state index contributed by atoms with van der Waals surface area (Å²) in [5.41, 5.74) is 2.58. The molecule has 0 amide bonds. The molecule has 4 rings (SSSR count). The first kappa shape index (κ1) is 14.7. The van der Waals surface area contributed by atoms with Crippen LogP contribution in [-0.2, 0) is 0 Å². The molecule has 2 aromatic heterocycles. The lowest BCUT2D eigenvalue weighted by Gasteiger charge is -2.03. The SMILES string of the molecule is Cc1cccc(-c2nc(-c3oc4ccccc4c(=O)c3O)cs2)c1. The Bertz CT molecular complexity index is 1110. The van der Waals surface area contributed by atoms with Crippen LogP contribution in [0.4, 0.5) is 0 Å². The normalized spacial score (nSPS) is 11.0. The molecule has 0 saturated carbocycles. The van der Waals surface area contributed by atoms with Gasteiger partial charge in [0.05, 0.1) is 5.39 Å². The van der Waals surface area contributed by atoms with Crippen LogP contribution >= 0.6 is 11.3 Å². The van der Waals surface area contributed by atoms with E-state index in [1.807, 2.05) is 31.2 Å². The number of aryl methyl sites for hydroxylation is 1. The van der Waals surface area contributed by atoms with Crippen molar-refractivity contribution in [1.29, 1.82) is 0 Å². The van der Waals surface area contributed by atoms with E-state index in [-0.39, 0.29) is 5.76 Å². The van der Waals surface area contributed by atoms with Crippen LogP contribution in [0.25, 0.3) is 33.0 Å². The molecule has 24 heavy (non-hydrogen) atoms. The lowest BCUT2D eigenvalue weighted by atomic mass is 10.1. The van der Waals surface area contributed by atoms with Crippen molar-refractivity contribution in [2.75, 3.05) is 0 Å². The Labute approximate surface area is 141 Å². The van der Waals surface area contributed by atoms with Crippen molar-refractivity contribution in [1.82, 2.24) is 4.98 Å². The zero-order valence-electron chi connectivity index (χ0n) is 12.8. The van der Waals surface area contributed by atoms with E-state index in [9.17, 15) is 9.90 Å². The number of rotatable bonds is 2. The summed E-state index contributed by atoms with van der Waals surface area (Å²) in [6.07, 6.45) is 0. The average molecular weight is 335 g/mol. The van der Waals surface area contributed by atoms with E-state index >= 15 is 0 Å². The summed E-state index contributed by atoms with van der Waals surface area (Å²) >= 11 is 1.44. The van der Waals surface area contributed by atoms with E-state index < -0.39 is 11.2 Å². The van der Waals surface area contributed by atoms with E-state index in [0.29, 0.717) is 16.7 Å². The van der Waals surface area contributed by atoms with E-state index in [1.165, 1.54) is 11.3 Å². The predicted octanol–water partition coefficient (Wildman–Crippen LogP) is 4.60. The number of aromatic hydroxyl groups is 1. The van der Waals surface area contributed by atoms with Crippen LogP contribution in [0, 0.1) is 6.92 Å². The fourth-order valence-electron chi connectivity index (χ4n) is 2.59. The van der Waals surface area contributed by atoms with Gasteiger partial charge in [0.1, 0.15) is 16.3 Å². The van der Waals surface area contributed by atoms with Gasteiger partial charge in [0, 0.05) is 10.9 Å². The molecule has 0 unspecified atom stereocenters. The Hall–Kier alpha value is -2.92. The summed E-state index contributed by atoms with van der Waals surface area (Å²) in [7, 11) is 0. The Kier molecular flexibility index (Phi) is 3.43. The maximum absolute atomic E-state index is 12.3. The monoisotopic (exact) mass is 335 g/mol. The number of para-hydroxylation sites is 1.